The molecule has 8 aromatic carbocycles. The fourth-order valence-corrected chi connectivity index (χ4v) is 8.85. The van der Waals surface area contributed by atoms with Crippen molar-refractivity contribution in [3.05, 3.63) is 205 Å². The summed E-state index contributed by atoms with van der Waals surface area (Å²) in [6.45, 7) is 4.59. The average molecular weight is 759 g/mol. The molecule has 280 valence electrons. The van der Waals surface area contributed by atoms with Crippen LogP contribution in [-0.2, 0) is 5.41 Å². The molecule has 1 aliphatic rings. The quantitative estimate of drug-likeness (QED) is 0.162. The number of rotatable bonds is 7. The topological polar surface area (TPSA) is 55.1 Å². The van der Waals surface area contributed by atoms with Crippen LogP contribution >= 0.6 is 0 Å². The van der Waals surface area contributed by atoms with Gasteiger partial charge in [0.1, 0.15) is 11.2 Å². The van der Waals surface area contributed by atoms with Gasteiger partial charge >= 0.3 is 0 Å². The van der Waals surface area contributed by atoms with E-state index >= 15 is 0 Å². The van der Waals surface area contributed by atoms with Crippen molar-refractivity contribution >= 4 is 39.0 Å². The van der Waals surface area contributed by atoms with Crippen molar-refractivity contribution in [2.75, 3.05) is 4.90 Å². The molecule has 0 unspecified atom stereocenters. The minimum absolute atomic E-state index is 0.146. The number of anilines is 3. The van der Waals surface area contributed by atoms with Crippen LogP contribution < -0.4 is 4.90 Å². The molecule has 0 radical (unpaired) electrons. The second-order valence-electron chi connectivity index (χ2n) is 15.6. The van der Waals surface area contributed by atoms with Crippen LogP contribution in [0.15, 0.2) is 199 Å². The van der Waals surface area contributed by atoms with Crippen LogP contribution in [0.5, 0.6) is 0 Å². The van der Waals surface area contributed by atoms with E-state index < -0.39 is 0 Å². The van der Waals surface area contributed by atoms with E-state index in [0.29, 0.717) is 17.5 Å². The smallest absolute Gasteiger partial charge is 0.164 e. The summed E-state index contributed by atoms with van der Waals surface area (Å²) in [5, 5.41) is 2.05. The number of fused-ring (bicyclic) bond motifs is 6. The third-order valence-corrected chi connectivity index (χ3v) is 11.7. The zero-order valence-corrected chi connectivity index (χ0v) is 32.7. The highest BCUT2D eigenvalue weighted by atomic mass is 16.3. The lowest BCUT2D eigenvalue weighted by Crippen LogP contribution is -2.14. The van der Waals surface area contributed by atoms with Gasteiger partial charge in [-0.15, -0.1) is 0 Å². The predicted molar refractivity (Wildman–Crippen MR) is 241 cm³/mol. The van der Waals surface area contributed by atoms with E-state index in [4.69, 9.17) is 19.4 Å². The van der Waals surface area contributed by atoms with Crippen molar-refractivity contribution in [2.24, 2.45) is 0 Å². The molecule has 2 heterocycles. The SMILES string of the molecule is CC1(C)c2ccccc2-c2c(-c3nc(-c4ccccc4)nc(-c4ccc5c(c4)oc4cccc(N(c6ccccc6)c6ccc(-c7ccccc7)cc6)c45)n3)cccc21. The molecule has 1 aliphatic carbocycles. The van der Waals surface area contributed by atoms with Gasteiger partial charge in [-0.25, -0.2) is 15.0 Å². The summed E-state index contributed by atoms with van der Waals surface area (Å²) in [5.41, 5.74) is 14.7. The second kappa shape index (κ2) is 13.8. The van der Waals surface area contributed by atoms with Crippen molar-refractivity contribution < 1.29 is 4.42 Å². The summed E-state index contributed by atoms with van der Waals surface area (Å²) in [5.74, 6) is 1.85. The molecule has 0 aliphatic heterocycles. The third kappa shape index (κ3) is 5.81. The molecule has 10 aromatic rings. The van der Waals surface area contributed by atoms with Crippen molar-refractivity contribution in [3.63, 3.8) is 0 Å². The van der Waals surface area contributed by atoms with Gasteiger partial charge in [0.25, 0.3) is 0 Å². The second-order valence-corrected chi connectivity index (χ2v) is 15.6. The van der Waals surface area contributed by atoms with Crippen molar-refractivity contribution in [2.45, 2.75) is 19.3 Å². The minimum atomic E-state index is -0.146. The van der Waals surface area contributed by atoms with Gasteiger partial charge < -0.3 is 9.32 Å². The molecule has 0 amide bonds. The standard InChI is InChI=1S/C54H38N4O/c1-54(2)44-24-13-12-22-41(44)49-43(23-14-25-45(49)54)53-56-51(37-18-8-4-9-19-37)55-52(57-53)38-30-33-42-48(34-38)59-47-27-15-26-46(50(42)47)58(39-20-10-5-11-21-39)40-31-28-36(29-32-40)35-16-6-3-7-17-35/h3-34H,1-2H3. The number of nitrogens with zero attached hydrogens (tertiary/aromatic N) is 4. The van der Waals surface area contributed by atoms with Gasteiger partial charge in [-0.05, 0) is 81.9 Å². The Bertz CT molecular complexity index is 3170. The summed E-state index contributed by atoms with van der Waals surface area (Å²) in [6, 6.07) is 67.7. The summed E-state index contributed by atoms with van der Waals surface area (Å²) in [4.78, 5) is 17.8. The van der Waals surface area contributed by atoms with Crippen LogP contribution in [0, 0.1) is 0 Å². The van der Waals surface area contributed by atoms with Crippen LogP contribution in [-0.4, -0.2) is 15.0 Å². The molecule has 11 rings (SSSR count). The molecule has 0 spiro atoms. The Balaban J connectivity index is 1.06. The highest BCUT2D eigenvalue weighted by Crippen LogP contribution is 2.52. The number of hydrogen-bond acceptors (Lipinski definition) is 5. The Morgan fingerprint density at radius 1 is 0.424 bits per heavy atom. The van der Waals surface area contributed by atoms with Crippen LogP contribution in [0.2, 0.25) is 0 Å². The molecular formula is C54H38N4O. The van der Waals surface area contributed by atoms with E-state index in [9.17, 15) is 0 Å². The Kier molecular flexibility index (Phi) is 8.09. The van der Waals surface area contributed by atoms with Gasteiger partial charge in [0, 0.05) is 38.9 Å². The van der Waals surface area contributed by atoms with E-state index in [1.54, 1.807) is 0 Å². The van der Waals surface area contributed by atoms with E-state index in [-0.39, 0.29) is 5.41 Å². The lowest BCUT2D eigenvalue weighted by molar-refractivity contribution is 0.660. The van der Waals surface area contributed by atoms with Gasteiger partial charge in [-0.3, -0.25) is 0 Å². The summed E-state index contributed by atoms with van der Waals surface area (Å²) in [7, 11) is 0. The fraction of sp³-hybridized carbons (Fsp3) is 0.0556. The Labute approximate surface area is 342 Å². The number of benzene rings is 8. The van der Waals surface area contributed by atoms with Crippen molar-refractivity contribution in [1.82, 2.24) is 15.0 Å². The third-order valence-electron chi connectivity index (χ3n) is 11.7. The van der Waals surface area contributed by atoms with Gasteiger partial charge in [0.15, 0.2) is 17.5 Å². The molecule has 0 saturated heterocycles. The van der Waals surface area contributed by atoms with E-state index in [2.05, 4.69) is 170 Å². The van der Waals surface area contributed by atoms with Crippen LogP contribution in [0.1, 0.15) is 25.0 Å². The van der Waals surface area contributed by atoms with Crippen LogP contribution in [0.4, 0.5) is 17.1 Å². The predicted octanol–water partition coefficient (Wildman–Crippen LogP) is 14.2. The first-order valence-electron chi connectivity index (χ1n) is 20.0. The van der Waals surface area contributed by atoms with Crippen molar-refractivity contribution in [3.8, 4) is 56.4 Å². The molecule has 5 nitrogen and oxygen atoms in total. The largest absolute Gasteiger partial charge is 0.456 e. The number of aromatic nitrogens is 3. The van der Waals surface area contributed by atoms with Gasteiger partial charge in [0.2, 0.25) is 0 Å². The molecular weight excluding hydrogens is 721 g/mol. The molecule has 0 atom stereocenters. The first kappa shape index (κ1) is 34.6. The average Bonchev–Trinajstić information content (AvgIpc) is 3.79. The normalized spacial score (nSPS) is 12.7. The lowest BCUT2D eigenvalue weighted by Gasteiger charge is -2.26. The lowest BCUT2D eigenvalue weighted by atomic mass is 9.82. The number of para-hydroxylation sites is 1. The molecule has 0 N–H and O–H groups in total. The summed E-state index contributed by atoms with van der Waals surface area (Å²) < 4.78 is 6.71. The Morgan fingerprint density at radius 2 is 0.983 bits per heavy atom. The molecule has 0 saturated carbocycles. The monoisotopic (exact) mass is 758 g/mol. The Morgan fingerprint density at radius 3 is 1.75 bits per heavy atom. The van der Waals surface area contributed by atoms with E-state index in [0.717, 1.165) is 55.7 Å². The maximum Gasteiger partial charge on any atom is 0.164 e. The van der Waals surface area contributed by atoms with Crippen LogP contribution in [0.3, 0.4) is 0 Å². The van der Waals surface area contributed by atoms with Gasteiger partial charge in [0.05, 0.1) is 11.1 Å². The minimum Gasteiger partial charge on any atom is -0.456 e. The maximum atomic E-state index is 6.71. The highest BCUT2D eigenvalue weighted by molar-refractivity contribution is 6.14. The zero-order valence-electron chi connectivity index (χ0n) is 32.7. The number of hydrogen-bond donors (Lipinski definition) is 0. The molecule has 0 bridgehead atoms. The highest BCUT2D eigenvalue weighted by Gasteiger charge is 2.37. The Hall–Kier alpha value is -7.63. The van der Waals surface area contributed by atoms with Crippen LogP contribution in [0.25, 0.3) is 78.4 Å². The summed E-state index contributed by atoms with van der Waals surface area (Å²) >= 11 is 0. The molecule has 2 aromatic heterocycles. The molecule has 5 heteroatoms. The zero-order chi connectivity index (χ0) is 39.5. The number of furan rings is 1. The van der Waals surface area contributed by atoms with Gasteiger partial charge in [-0.1, -0.05) is 159 Å². The first-order valence-corrected chi connectivity index (χ1v) is 20.0. The first-order chi connectivity index (χ1) is 29.0. The maximum absolute atomic E-state index is 6.71. The summed E-state index contributed by atoms with van der Waals surface area (Å²) in [6.07, 6.45) is 0. The van der Waals surface area contributed by atoms with Crippen molar-refractivity contribution in [1.29, 1.82) is 0 Å². The molecule has 59 heavy (non-hydrogen) atoms. The van der Waals surface area contributed by atoms with Gasteiger partial charge in [-0.2, -0.15) is 0 Å². The fourth-order valence-electron chi connectivity index (χ4n) is 8.85. The van der Waals surface area contributed by atoms with E-state index in [1.807, 2.05) is 42.5 Å². The molecule has 0 fully saturated rings. The van der Waals surface area contributed by atoms with E-state index in [1.165, 1.54) is 33.4 Å².